The fourth-order valence-corrected chi connectivity index (χ4v) is 4.39. The van der Waals surface area contributed by atoms with Crippen molar-refractivity contribution in [2.45, 2.75) is 94.6 Å². The van der Waals surface area contributed by atoms with Crippen LogP contribution in [0.2, 0.25) is 0 Å². The number of ether oxygens (including phenoxy) is 5. The van der Waals surface area contributed by atoms with E-state index in [1.807, 2.05) is 12.2 Å². The number of methoxy groups -OCH3 is 2. The summed E-state index contributed by atoms with van der Waals surface area (Å²) in [5.41, 5.74) is 0. The summed E-state index contributed by atoms with van der Waals surface area (Å²) in [6, 6.07) is 0. The Kier molecular flexibility index (Phi) is 6.72. The number of carbonyl (C=O) groups excluding carboxylic acids is 1. The molecule has 2 aliphatic heterocycles. The summed E-state index contributed by atoms with van der Waals surface area (Å²) in [5.74, 6) is -0.634. The van der Waals surface area contributed by atoms with Gasteiger partial charge in [0.05, 0.1) is 37.9 Å². The molecule has 0 aromatic heterocycles. The van der Waals surface area contributed by atoms with E-state index in [0.717, 1.165) is 19.3 Å². The van der Waals surface area contributed by atoms with Crippen LogP contribution >= 0.6 is 0 Å². The molecule has 0 bridgehead atoms. The smallest absolute Gasteiger partial charge is 0.309 e. The predicted octanol–water partition coefficient (Wildman–Crippen LogP) is 3.13. The number of carbonyl (C=O) groups is 1. The molecule has 2 heterocycles. The van der Waals surface area contributed by atoms with Gasteiger partial charge >= 0.3 is 5.97 Å². The standard InChI is InChI=1S/C20H32O6/c1-14-19(26-20(25-14)11-7-4-8-12-20)17-13-16(22-2)15(24-17)9-5-6-10-18(21)23-3/h5-6,14-17,19H,4,7-13H2,1-3H3/t14-,15+,16+,17-,19-/m1/s1. The van der Waals surface area contributed by atoms with E-state index in [9.17, 15) is 4.79 Å². The van der Waals surface area contributed by atoms with E-state index in [1.165, 1.54) is 26.4 Å². The second-order valence-electron chi connectivity index (χ2n) is 7.59. The second kappa shape index (κ2) is 8.83. The van der Waals surface area contributed by atoms with Gasteiger partial charge in [0.1, 0.15) is 6.10 Å². The van der Waals surface area contributed by atoms with E-state index in [1.54, 1.807) is 7.11 Å². The third-order valence-electron chi connectivity index (χ3n) is 5.77. The van der Waals surface area contributed by atoms with Crippen molar-refractivity contribution in [2.75, 3.05) is 14.2 Å². The van der Waals surface area contributed by atoms with Gasteiger partial charge in [0, 0.05) is 26.4 Å². The van der Waals surface area contributed by atoms with Crippen LogP contribution in [0.15, 0.2) is 12.2 Å². The molecule has 3 fully saturated rings. The molecule has 0 aromatic rings. The van der Waals surface area contributed by atoms with Crippen LogP contribution in [0.25, 0.3) is 0 Å². The Labute approximate surface area is 156 Å². The van der Waals surface area contributed by atoms with Crippen molar-refractivity contribution >= 4 is 5.97 Å². The minimum absolute atomic E-state index is 0.0183. The number of hydrogen-bond acceptors (Lipinski definition) is 6. The number of esters is 1. The molecular weight excluding hydrogens is 336 g/mol. The summed E-state index contributed by atoms with van der Waals surface area (Å²) in [7, 11) is 3.12. The molecule has 1 saturated carbocycles. The average Bonchev–Trinajstić information content (AvgIpc) is 3.19. The molecule has 0 amide bonds. The summed E-state index contributed by atoms with van der Waals surface area (Å²) in [6.45, 7) is 2.09. The van der Waals surface area contributed by atoms with Gasteiger partial charge in [0.25, 0.3) is 0 Å². The third-order valence-corrected chi connectivity index (χ3v) is 5.77. The van der Waals surface area contributed by atoms with Gasteiger partial charge in [0.15, 0.2) is 5.79 Å². The molecule has 148 valence electrons. The predicted molar refractivity (Wildman–Crippen MR) is 95.7 cm³/mol. The van der Waals surface area contributed by atoms with E-state index in [0.29, 0.717) is 6.42 Å². The Bertz CT molecular complexity index is 499. The number of hydrogen-bond donors (Lipinski definition) is 0. The lowest BCUT2D eigenvalue weighted by molar-refractivity contribution is -0.201. The average molecular weight is 368 g/mol. The molecule has 3 rings (SSSR count). The first-order valence-corrected chi connectivity index (χ1v) is 9.82. The monoisotopic (exact) mass is 368 g/mol. The van der Waals surface area contributed by atoms with Gasteiger partial charge in [-0.15, -0.1) is 0 Å². The Balaban J connectivity index is 1.55. The summed E-state index contributed by atoms with van der Waals surface area (Å²) < 4.78 is 29.2. The zero-order valence-corrected chi connectivity index (χ0v) is 16.1. The topological polar surface area (TPSA) is 63.2 Å². The molecule has 6 heteroatoms. The van der Waals surface area contributed by atoms with E-state index >= 15 is 0 Å². The molecule has 6 nitrogen and oxygen atoms in total. The lowest BCUT2D eigenvalue weighted by Crippen LogP contribution is -2.36. The molecule has 0 aromatic carbocycles. The fourth-order valence-electron chi connectivity index (χ4n) is 4.39. The van der Waals surface area contributed by atoms with Crippen LogP contribution in [-0.4, -0.2) is 56.5 Å². The van der Waals surface area contributed by atoms with Gasteiger partial charge in [0.2, 0.25) is 0 Å². The minimum atomic E-state index is -0.396. The van der Waals surface area contributed by atoms with E-state index in [2.05, 4.69) is 11.7 Å². The maximum absolute atomic E-state index is 11.2. The van der Waals surface area contributed by atoms with E-state index in [4.69, 9.17) is 18.9 Å². The van der Waals surface area contributed by atoms with E-state index in [-0.39, 0.29) is 42.9 Å². The van der Waals surface area contributed by atoms with Crippen LogP contribution in [0.4, 0.5) is 0 Å². The van der Waals surface area contributed by atoms with Crippen molar-refractivity contribution in [1.29, 1.82) is 0 Å². The molecule has 26 heavy (non-hydrogen) atoms. The normalized spacial score (nSPS) is 36.8. The highest BCUT2D eigenvalue weighted by Crippen LogP contribution is 2.43. The SMILES string of the molecule is COC(=O)CC=CC[C@@H]1O[C@@H]([C@@H]2OC3(CCCCC3)O[C@@H]2C)C[C@@H]1OC. The van der Waals surface area contributed by atoms with Gasteiger partial charge < -0.3 is 23.7 Å². The molecule has 5 atom stereocenters. The Morgan fingerprint density at radius 2 is 1.92 bits per heavy atom. The lowest BCUT2D eigenvalue weighted by atomic mass is 9.94. The first-order valence-electron chi connectivity index (χ1n) is 9.82. The van der Waals surface area contributed by atoms with Crippen LogP contribution in [0.1, 0.15) is 58.3 Å². The van der Waals surface area contributed by atoms with Gasteiger partial charge in [-0.1, -0.05) is 18.6 Å². The van der Waals surface area contributed by atoms with Crippen LogP contribution < -0.4 is 0 Å². The maximum Gasteiger partial charge on any atom is 0.309 e. The van der Waals surface area contributed by atoms with Gasteiger partial charge in [-0.2, -0.15) is 0 Å². The quantitative estimate of drug-likeness (QED) is 0.530. The molecule has 0 unspecified atom stereocenters. The van der Waals surface area contributed by atoms with Crippen molar-refractivity contribution in [2.24, 2.45) is 0 Å². The highest BCUT2D eigenvalue weighted by Gasteiger charge is 2.51. The van der Waals surface area contributed by atoms with Crippen LogP contribution in [0.3, 0.4) is 0 Å². The van der Waals surface area contributed by atoms with Crippen LogP contribution in [-0.2, 0) is 28.5 Å². The van der Waals surface area contributed by atoms with E-state index < -0.39 is 5.79 Å². The molecule has 1 aliphatic carbocycles. The van der Waals surface area contributed by atoms with Crippen molar-refractivity contribution < 1.29 is 28.5 Å². The van der Waals surface area contributed by atoms with Crippen molar-refractivity contribution in [3.05, 3.63) is 12.2 Å². The molecule has 0 radical (unpaired) electrons. The third kappa shape index (κ3) is 4.47. The lowest BCUT2D eigenvalue weighted by Gasteiger charge is -2.32. The summed E-state index contributed by atoms with van der Waals surface area (Å²) in [4.78, 5) is 11.2. The first kappa shape index (κ1) is 19.8. The van der Waals surface area contributed by atoms with Crippen LogP contribution in [0, 0.1) is 0 Å². The Morgan fingerprint density at radius 1 is 1.15 bits per heavy atom. The van der Waals surface area contributed by atoms with Gasteiger partial charge in [-0.05, 0) is 26.2 Å². The first-order chi connectivity index (χ1) is 12.6. The van der Waals surface area contributed by atoms with Gasteiger partial charge in [-0.3, -0.25) is 4.79 Å². The minimum Gasteiger partial charge on any atom is -0.469 e. The summed E-state index contributed by atoms with van der Waals surface area (Å²) in [6.07, 6.45) is 11.1. The van der Waals surface area contributed by atoms with Crippen molar-refractivity contribution in [1.82, 2.24) is 0 Å². The van der Waals surface area contributed by atoms with Crippen LogP contribution in [0.5, 0.6) is 0 Å². The van der Waals surface area contributed by atoms with Crippen molar-refractivity contribution in [3.63, 3.8) is 0 Å². The molecule has 3 aliphatic rings. The largest absolute Gasteiger partial charge is 0.469 e. The Morgan fingerprint density at radius 3 is 2.62 bits per heavy atom. The highest BCUT2D eigenvalue weighted by atomic mass is 16.8. The molecule has 2 saturated heterocycles. The summed E-state index contributed by atoms with van der Waals surface area (Å²) >= 11 is 0. The molecular formula is C20H32O6. The fraction of sp³-hybridized carbons (Fsp3) is 0.850. The highest BCUT2D eigenvalue weighted by molar-refractivity contribution is 5.70. The van der Waals surface area contributed by atoms with Gasteiger partial charge in [-0.25, -0.2) is 0 Å². The zero-order valence-electron chi connectivity index (χ0n) is 16.1. The van der Waals surface area contributed by atoms with Crippen molar-refractivity contribution in [3.8, 4) is 0 Å². The molecule has 0 N–H and O–H groups in total. The maximum atomic E-state index is 11.2. The Hall–Kier alpha value is -0.950. The number of rotatable bonds is 6. The molecule has 1 spiro atoms. The second-order valence-corrected chi connectivity index (χ2v) is 7.59. The summed E-state index contributed by atoms with van der Waals surface area (Å²) in [5, 5.41) is 0. The zero-order chi connectivity index (χ0) is 18.6.